The number of nitrogens with one attached hydrogen (secondary N) is 1. The van der Waals surface area contributed by atoms with Gasteiger partial charge >= 0.3 is 0 Å². The number of carbonyl (C=O) groups excluding carboxylic acids is 1. The van der Waals surface area contributed by atoms with Crippen LogP contribution < -0.4 is 10.9 Å². The molecule has 0 saturated heterocycles. The predicted molar refractivity (Wildman–Crippen MR) is 148 cm³/mol. The third-order valence-corrected chi connectivity index (χ3v) is 7.06. The number of anilines is 1. The van der Waals surface area contributed by atoms with E-state index in [4.69, 9.17) is 23.2 Å². The van der Waals surface area contributed by atoms with Gasteiger partial charge in [-0.2, -0.15) is 0 Å². The Kier molecular flexibility index (Phi) is 6.54. The zero-order chi connectivity index (χ0) is 26.3. The lowest BCUT2D eigenvalue weighted by Crippen LogP contribution is -2.27. The van der Waals surface area contributed by atoms with Crippen molar-refractivity contribution in [3.05, 3.63) is 110 Å². The molecule has 0 aliphatic carbocycles. The van der Waals surface area contributed by atoms with Crippen molar-refractivity contribution in [2.24, 2.45) is 7.05 Å². The number of benzene rings is 4. The molecule has 186 valence electrons. The monoisotopic (exact) mass is 532 g/mol. The average Bonchev–Trinajstić information content (AvgIpc) is 2.89. The first-order valence-electron chi connectivity index (χ1n) is 11.5. The van der Waals surface area contributed by atoms with E-state index in [2.05, 4.69) is 5.32 Å². The van der Waals surface area contributed by atoms with Gasteiger partial charge in [0.25, 0.3) is 5.56 Å². The Morgan fingerprint density at radius 1 is 0.946 bits per heavy atom. The standard InChI is InChI=1S/C29H22Cl2N2O4/c1-33-23-9-5-4-8-19(23)28(36)27(29(33)37)25(35)15-22(32-21-14-17(30)11-12-20(21)31)26-18-7-3-2-6-16(18)10-13-24(26)34/h2-14,22,32,34,36H,15H2,1H3/t22-/m1/s1. The van der Waals surface area contributed by atoms with E-state index in [9.17, 15) is 19.8 Å². The molecule has 0 unspecified atom stereocenters. The summed E-state index contributed by atoms with van der Waals surface area (Å²) in [5.74, 6) is -0.991. The fourth-order valence-corrected chi connectivity index (χ4v) is 5.03. The number of hydrogen-bond donors (Lipinski definition) is 3. The zero-order valence-corrected chi connectivity index (χ0v) is 21.2. The van der Waals surface area contributed by atoms with Crippen LogP contribution in [0.5, 0.6) is 11.5 Å². The Hall–Kier alpha value is -4.00. The van der Waals surface area contributed by atoms with Crippen LogP contribution >= 0.6 is 23.2 Å². The van der Waals surface area contributed by atoms with E-state index in [1.54, 1.807) is 61.6 Å². The molecule has 0 spiro atoms. The maximum absolute atomic E-state index is 13.7. The fraction of sp³-hybridized carbons (Fsp3) is 0.103. The third-order valence-electron chi connectivity index (χ3n) is 6.50. The van der Waals surface area contributed by atoms with E-state index in [1.807, 2.05) is 24.3 Å². The maximum Gasteiger partial charge on any atom is 0.265 e. The first-order chi connectivity index (χ1) is 17.8. The Bertz CT molecular complexity index is 1750. The molecule has 0 fully saturated rings. The Labute approximate surface area is 222 Å². The fourth-order valence-electron chi connectivity index (χ4n) is 4.69. The topological polar surface area (TPSA) is 91.6 Å². The van der Waals surface area contributed by atoms with Crippen LogP contribution in [0.2, 0.25) is 10.0 Å². The summed E-state index contributed by atoms with van der Waals surface area (Å²) in [6, 6.07) is 21.7. The number of Topliss-reactive ketones (excluding diaryl/α,β-unsaturated/α-hetero) is 1. The highest BCUT2D eigenvalue weighted by Gasteiger charge is 2.27. The highest BCUT2D eigenvalue weighted by molar-refractivity contribution is 6.35. The molecular weight excluding hydrogens is 511 g/mol. The van der Waals surface area contributed by atoms with E-state index in [0.717, 1.165) is 10.8 Å². The molecule has 5 aromatic rings. The van der Waals surface area contributed by atoms with Crippen LogP contribution in [-0.4, -0.2) is 20.6 Å². The van der Waals surface area contributed by atoms with Crippen LogP contribution in [-0.2, 0) is 7.05 Å². The van der Waals surface area contributed by atoms with Crippen LogP contribution in [0.25, 0.3) is 21.7 Å². The number of aromatic hydroxyl groups is 2. The molecule has 5 rings (SSSR count). The largest absolute Gasteiger partial charge is 0.508 e. The summed E-state index contributed by atoms with van der Waals surface area (Å²) >= 11 is 12.6. The maximum atomic E-state index is 13.7. The van der Waals surface area contributed by atoms with E-state index in [-0.39, 0.29) is 23.5 Å². The van der Waals surface area contributed by atoms with Gasteiger partial charge in [0.2, 0.25) is 0 Å². The van der Waals surface area contributed by atoms with Gasteiger partial charge in [0, 0.05) is 29.4 Å². The van der Waals surface area contributed by atoms with Crippen LogP contribution in [0, 0.1) is 0 Å². The second kappa shape index (κ2) is 9.81. The van der Waals surface area contributed by atoms with Crippen molar-refractivity contribution in [2.45, 2.75) is 12.5 Å². The number of halogens is 2. The number of phenols is 1. The molecule has 0 radical (unpaired) electrons. The predicted octanol–water partition coefficient (Wildman–Crippen LogP) is 6.84. The Balaban J connectivity index is 1.66. The SMILES string of the molecule is Cn1c(=O)c(C(=O)C[C@@H](Nc2cc(Cl)ccc2Cl)c2c(O)ccc3ccccc23)c(O)c2ccccc21. The number of aromatic nitrogens is 1. The molecule has 1 heterocycles. The van der Waals surface area contributed by atoms with E-state index >= 15 is 0 Å². The summed E-state index contributed by atoms with van der Waals surface area (Å²) in [5, 5.41) is 27.9. The molecule has 0 saturated carbocycles. The van der Waals surface area contributed by atoms with E-state index < -0.39 is 17.4 Å². The quantitative estimate of drug-likeness (QED) is 0.208. The van der Waals surface area contributed by atoms with Crippen LogP contribution in [0.3, 0.4) is 0 Å². The van der Waals surface area contributed by atoms with Crippen molar-refractivity contribution in [1.29, 1.82) is 0 Å². The molecule has 3 N–H and O–H groups in total. The van der Waals surface area contributed by atoms with Crippen molar-refractivity contribution in [3.63, 3.8) is 0 Å². The molecule has 0 bridgehead atoms. The van der Waals surface area contributed by atoms with Gasteiger partial charge in [0.1, 0.15) is 17.1 Å². The normalized spacial score (nSPS) is 12.1. The molecular formula is C29H22Cl2N2O4. The molecule has 1 aromatic heterocycles. The van der Waals surface area contributed by atoms with Gasteiger partial charge in [0.05, 0.1) is 22.3 Å². The van der Waals surface area contributed by atoms with Crippen LogP contribution in [0.4, 0.5) is 5.69 Å². The summed E-state index contributed by atoms with van der Waals surface area (Å²) < 4.78 is 1.34. The number of hydrogen-bond acceptors (Lipinski definition) is 5. The average molecular weight is 533 g/mol. The second-order valence-corrected chi connectivity index (χ2v) is 9.62. The molecule has 0 amide bonds. The molecule has 0 aliphatic rings. The summed E-state index contributed by atoms with van der Waals surface area (Å²) in [6.07, 6.45) is -0.258. The van der Waals surface area contributed by atoms with E-state index in [1.165, 1.54) is 4.57 Å². The first kappa shape index (κ1) is 24.7. The van der Waals surface area contributed by atoms with Gasteiger partial charge in [-0.1, -0.05) is 65.7 Å². The molecule has 8 heteroatoms. The smallest absolute Gasteiger partial charge is 0.265 e. The number of nitrogens with zero attached hydrogens (tertiary/aromatic N) is 1. The number of fused-ring (bicyclic) bond motifs is 2. The minimum atomic E-state index is -0.815. The number of phenolic OH excluding ortho intramolecular Hbond substituents is 1. The third kappa shape index (κ3) is 4.50. The minimum absolute atomic E-state index is 0.0298. The highest BCUT2D eigenvalue weighted by Crippen LogP contribution is 2.39. The molecule has 4 aromatic carbocycles. The minimum Gasteiger partial charge on any atom is -0.508 e. The Morgan fingerprint density at radius 3 is 2.43 bits per heavy atom. The molecule has 0 aliphatic heterocycles. The van der Waals surface area contributed by atoms with Crippen molar-refractivity contribution >= 4 is 56.3 Å². The number of para-hydroxylation sites is 1. The van der Waals surface area contributed by atoms with Crippen LogP contribution in [0.1, 0.15) is 28.4 Å². The Morgan fingerprint density at radius 2 is 1.65 bits per heavy atom. The number of rotatable bonds is 6. The van der Waals surface area contributed by atoms with Crippen molar-refractivity contribution in [1.82, 2.24) is 4.57 Å². The van der Waals surface area contributed by atoms with E-state index in [0.29, 0.717) is 32.2 Å². The second-order valence-electron chi connectivity index (χ2n) is 8.77. The van der Waals surface area contributed by atoms with Gasteiger partial charge in [-0.15, -0.1) is 0 Å². The van der Waals surface area contributed by atoms with Crippen molar-refractivity contribution < 1.29 is 15.0 Å². The zero-order valence-electron chi connectivity index (χ0n) is 19.7. The number of carbonyl (C=O) groups is 1. The molecule has 1 atom stereocenters. The number of aryl methyl sites for hydroxylation is 1. The van der Waals surface area contributed by atoms with Gasteiger partial charge in [-0.25, -0.2) is 0 Å². The first-order valence-corrected chi connectivity index (χ1v) is 12.3. The highest BCUT2D eigenvalue weighted by atomic mass is 35.5. The van der Waals surface area contributed by atoms with Crippen molar-refractivity contribution in [3.8, 4) is 11.5 Å². The number of pyridine rings is 1. The van der Waals surface area contributed by atoms with Crippen LogP contribution in [0.15, 0.2) is 83.7 Å². The summed E-state index contributed by atoms with van der Waals surface area (Å²) in [7, 11) is 1.55. The lowest BCUT2D eigenvalue weighted by atomic mass is 9.92. The molecule has 37 heavy (non-hydrogen) atoms. The van der Waals surface area contributed by atoms with Gasteiger partial charge in [-0.05, 0) is 47.2 Å². The van der Waals surface area contributed by atoms with Gasteiger partial charge < -0.3 is 20.1 Å². The number of ketones is 1. The molecule has 6 nitrogen and oxygen atoms in total. The van der Waals surface area contributed by atoms with Crippen molar-refractivity contribution in [2.75, 3.05) is 5.32 Å². The van der Waals surface area contributed by atoms with Gasteiger partial charge in [-0.3, -0.25) is 9.59 Å². The lowest BCUT2D eigenvalue weighted by molar-refractivity contribution is 0.0972. The van der Waals surface area contributed by atoms with Gasteiger partial charge in [0.15, 0.2) is 5.78 Å². The summed E-state index contributed by atoms with van der Waals surface area (Å²) in [6.45, 7) is 0. The summed E-state index contributed by atoms with van der Waals surface area (Å²) in [4.78, 5) is 26.9. The lowest BCUT2D eigenvalue weighted by Gasteiger charge is -2.24. The summed E-state index contributed by atoms with van der Waals surface area (Å²) in [5.41, 5.74) is 0.496.